The molecule has 3 rings (SSSR count). The molecule has 6 heteroatoms. The van der Waals surface area contributed by atoms with Gasteiger partial charge >= 0.3 is 0 Å². The fourth-order valence-electron chi connectivity index (χ4n) is 3.80. The van der Waals surface area contributed by atoms with E-state index in [0.717, 1.165) is 43.0 Å². The van der Waals surface area contributed by atoms with Gasteiger partial charge in [-0.2, -0.15) is 0 Å². The average molecular weight is 318 g/mol. The molecule has 0 radical (unpaired) electrons. The average Bonchev–Trinajstić information content (AvgIpc) is 3.19. The van der Waals surface area contributed by atoms with Gasteiger partial charge < -0.3 is 15.2 Å². The maximum Gasteiger partial charge on any atom is 0.191 e. The van der Waals surface area contributed by atoms with Crippen molar-refractivity contribution in [2.45, 2.75) is 70.9 Å². The van der Waals surface area contributed by atoms with E-state index in [-0.39, 0.29) is 0 Å². The summed E-state index contributed by atoms with van der Waals surface area (Å²) in [6.07, 6.45) is 12.0. The number of hydrogen-bond acceptors (Lipinski definition) is 3. The molecule has 2 heterocycles. The standard InChI is InChI=1S/C17H30N6/c1-18-17(19-11-5-9-14-7-3-2-4-8-14)20-13-16-22-21-15-10-6-12-23(15)16/h14H,2-13H2,1H3,(H2,18,19,20). The van der Waals surface area contributed by atoms with Crippen molar-refractivity contribution in [1.29, 1.82) is 0 Å². The first-order chi connectivity index (χ1) is 11.4. The second-order valence-electron chi connectivity index (χ2n) is 6.79. The van der Waals surface area contributed by atoms with E-state index in [0.29, 0.717) is 6.54 Å². The number of nitrogens with one attached hydrogen (secondary N) is 2. The highest BCUT2D eigenvalue weighted by Gasteiger charge is 2.17. The number of rotatable bonds is 6. The number of aryl methyl sites for hydroxylation is 1. The Balaban J connectivity index is 1.35. The van der Waals surface area contributed by atoms with Gasteiger partial charge in [-0.05, 0) is 25.2 Å². The molecular weight excluding hydrogens is 288 g/mol. The zero-order chi connectivity index (χ0) is 15.9. The van der Waals surface area contributed by atoms with Crippen molar-refractivity contribution in [2.75, 3.05) is 13.6 Å². The zero-order valence-corrected chi connectivity index (χ0v) is 14.4. The van der Waals surface area contributed by atoms with Gasteiger partial charge in [0.05, 0.1) is 6.54 Å². The fraction of sp³-hybridized carbons (Fsp3) is 0.824. The van der Waals surface area contributed by atoms with Gasteiger partial charge in [-0.3, -0.25) is 4.99 Å². The second kappa shape index (κ2) is 8.31. The Labute approximate surface area is 139 Å². The van der Waals surface area contributed by atoms with Gasteiger partial charge in [-0.15, -0.1) is 10.2 Å². The van der Waals surface area contributed by atoms with Crippen molar-refractivity contribution in [2.24, 2.45) is 10.9 Å². The van der Waals surface area contributed by atoms with Crippen LogP contribution in [0.4, 0.5) is 0 Å². The topological polar surface area (TPSA) is 67.1 Å². The van der Waals surface area contributed by atoms with E-state index in [1.807, 2.05) is 7.05 Å². The van der Waals surface area contributed by atoms with Gasteiger partial charge in [0.1, 0.15) is 5.82 Å². The minimum absolute atomic E-state index is 0.690. The third-order valence-corrected chi connectivity index (χ3v) is 5.13. The lowest BCUT2D eigenvalue weighted by atomic mass is 9.86. The van der Waals surface area contributed by atoms with Crippen molar-refractivity contribution in [3.05, 3.63) is 11.6 Å². The highest BCUT2D eigenvalue weighted by atomic mass is 15.3. The van der Waals surface area contributed by atoms with Crippen LogP contribution in [0.15, 0.2) is 4.99 Å². The van der Waals surface area contributed by atoms with Crippen LogP contribution in [0.1, 0.15) is 63.0 Å². The number of aromatic nitrogens is 3. The molecule has 2 N–H and O–H groups in total. The Bertz CT molecular complexity index is 515. The second-order valence-corrected chi connectivity index (χ2v) is 6.79. The molecule has 0 unspecified atom stereocenters. The summed E-state index contributed by atoms with van der Waals surface area (Å²) in [5.41, 5.74) is 0. The SMILES string of the molecule is CN=C(NCCCC1CCCCC1)NCc1nnc2n1CCC2. The molecule has 0 aromatic carbocycles. The van der Waals surface area contributed by atoms with E-state index < -0.39 is 0 Å². The van der Waals surface area contributed by atoms with E-state index >= 15 is 0 Å². The Morgan fingerprint density at radius 3 is 2.87 bits per heavy atom. The number of fused-ring (bicyclic) bond motifs is 1. The van der Waals surface area contributed by atoms with Gasteiger partial charge in [0, 0.05) is 26.6 Å². The molecule has 128 valence electrons. The first kappa shape index (κ1) is 16.3. The van der Waals surface area contributed by atoms with Crippen LogP contribution in [-0.4, -0.2) is 34.3 Å². The Hall–Kier alpha value is -1.59. The van der Waals surface area contributed by atoms with Crippen molar-refractivity contribution in [3.8, 4) is 0 Å². The van der Waals surface area contributed by atoms with Crippen molar-refractivity contribution < 1.29 is 0 Å². The first-order valence-corrected chi connectivity index (χ1v) is 9.22. The first-order valence-electron chi connectivity index (χ1n) is 9.22. The molecule has 6 nitrogen and oxygen atoms in total. The lowest BCUT2D eigenvalue weighted by Gasteiger charge is -2.21. The van der Waals surface area contributed by atoms with Gasteiger partial charge in [0.15, 0.2) is 11.8 Å². The van der Waals surface area contributed by atoms with E-state index in [1.54, 1.807) is 0 Å². The van der Waals surface area contributed by atoms with Crippen LogP contribution in [0.3, 0.4) is 0 Å². The Morgan fingerprint density at radius 2 is 2.04 bits per heavy atom. The molecule has 0 amide bonds. The largest absolute Gasteiger partial charge is 0.356 e. The van der Waals surface area contributed by atoms with Crippen LogP contribution in [0.2, 0.25) is 0 Å². The van der Waals surface area contributed by atoms with Crippen LogP contribution in [0.25, 0.3) is 0 Å². The van der Waals surface area contributed by atoms with Crippen molar-refractivity contribution >= 4 is 5.96 Å². The normalized spacial score (nSPS) is 18.9. The molecule has 23 heavy (non-hydrogen) atoms. The molecule has 0 saturated heterocycles. The van der Waals surface area contributed by atoms with Crippen LogP contribution < -0.4 is 10.6 Å². The molecular formula is C17H30N6. The molecule has 1 aromatic rings. The molecule has 1 fully saturated rings. The van der Waals surface area contributed by atoms with Gasteiger partial charge in [0.2, 0.25) is 0 Å². The summed E-state index contributed by atoms with van der Waals surface area (Å²) >= 11 is 0. The third kappa shape index (κ3) is 4.45. The smallest absolute Gasteiger partial charge is 0.191 e. The number of aliphatic imine (C=N–C) groups is 1. The molecule has 0 bridgehead atoms. The van der Waals surface area contributed by atoms with E-state index in [2.05, 4.69) is 30.4 Å². The summed E-state index contributed by atoms with van der Waals surface area (Å²) in [5.74, 6) is 3.96. The summed E-state index contributed by atoms with van der Waals surface area (Å²) in [4.78, 5) is 4.30. The van der Waals surface area contributed by atoms with Gasteiger partial charge in [-0.1, -0.05) is 32.1 Å². The summed E-state index contributed by atoms with van der Waals surface area (Å²) in [6.45, 7) is 2.73. The van der Waals surface area contributed by atoms with E-state index in [4.69, 9.17) is 0 Å². The predicted octanol–water partition coefficient (Wildman–Crippen LogP) is 2.25. The molecule has 0 atom stereocenters. The van der Waals surface area contributed by atoms with Crippen LogP contribution in [0, 0.1) is 5.92 Å². The Kier molecular flexibility index (Phi) is 5.88. The lowest BCUT2D eigenvalue weighted by Crippen LogP contribution is -2.38. The summed E-state index contributed by atoms with van der Waals surface area (Å²) in [6, 6.07) is 0. The maximum atomic E-state index is 4.30. The summed E-state index contributed by atoms with van der Waals surface area (Å²) in [7, 11) is 1.82. The highest BCUT2D eigenvalue weighted by Crippen LogP contribution is 2.26. The summed E-state index contributed by atoms with van der Waals surface area (Å²) < 4.78 is 2.23. The maximum absolute atomic E-state index is 4.30. The van der Waals surface area contributed by atoms with Crippen LogP contribution in [-0.2, 0) is 19.5 Å². The lowest BCUT2D eigenvalue weighted by molar-refractivity contribution is 0.332. The van der Waals surface area contributed by atoms with Gasteiger partial charge in [0.25, 0.3) is 0 Å². The third-order valence-electron chi connectivity index (χ3n) is 5.13. The van der Waals surface area contributed by atoms with Crippen molar-refractivity contribution in [1.82, 2.24) is 25.4 Å². The van der Waals surface area contributed by atoms with E-state index in [1.165, 1.54) is 51.4 Å². The number of guanidine groups is 1. The number of hydrogen-bond donors (Lipinski definition) is 2. The molecule has 0 spiro atoms. The molecule has 2 aliphatic rings. The molecule has 1 aliphatic heterocycles. The van der Waals surface area contributed by atoms with Crippen LogP contribution >= 0.6 is 0 Å². The number of nitrogens with zero attached hydrogens (tertiary/aromatic N) is 4. The summed E-state index contributed by atoms with van der Waals surface area (Å²) in [5, 5.41) is 15.3. The zero-order valence-electron chi connectivity index (χ0n) is 14.4. The molecule has 1 saturated carbocycles. The van der Waals surface area contributed by atoms with Crippen LogP contribution in [0.5, 0.6) is 0 Å². The monoisotopic (exact) mass is 318 g/mol. The fourth-order valence-corrected chi connectivity index (χ4v) is 3.80. The van der Waals surface area contributed by atoms with Crippen molar-refractivity contribution in [3.63, 3.8) is 0 Å². The minimum atomic E-state index is 0.690. The highest BCUT2D eigenvalue weighted by molar-refractivity contribution is 5.79. The quantitative estimate of drug-likeness (QED) is 0.479. The Morgan fingerprint density at radius 1 is 1.17 bits per heavy atom. The van der Waals surface area contributed by atoms with Gasteiger partial charge in [-0.25, -0.2) is 0 Å². The van der Waals surface area contributed by atoms with E-state index in [9.17, 15) is 0 Å². The molecule has 1 aromatic heterocycles. The minimum Gasteiger partial charge on any atom is -0.356 e. The predicted molar refractivity (Wildman–Crippen MR) is 92.4 cm³/mol. The molecule has 1 aliphatic carbocycles.